The van der Waals surface area contributed by atoms with Crippen LogP contribution >= 0.6 is 11.3 Å². The van der Waals surface area contributed by atoms with E-state index in [2.05, 4.69) is 15.3 Å². The zero-order valence-corrected chi connectivity index (χ0v) is 14.4. The van der Waals surface area contributed by atoms with Gasteiger partial charge >= 0.3 is 0 Å². The Morgan fingerprint density at radius 3 is 2.92 bits per heavy atom. The summed E-state index contributed by atoms with van der Waals surface area (Å²) < 4.78 is 11.5. The molecular formula is C17H17N3O3S. The highest BCUT2D eigenvalue weighted by Gasteiger charge is 2.15. The molecule has 0 aliphatic carbocycles. The molecule has 7 heteroatoms. The number of amides is 1. The number of hydrogen-bond acceptors (Lipinski definition) is 6. The molecule has 3 aromatic heterocycles. The predicted octanol–water partition coefficient (Wildman–Crippen LogP) is 3.95. The molecule has 0 saturated heterocycles. The van der Waals surface area contributed by atoms with Crippen molar-refractivity contribution in [2.24, 2.45) is 0 Å². The number of rotatable bonds is 5. The summed E-state index contributed by atoms with van der Waals surface area (Å²) in [6.07, 6.45) is 1.59. The summed E-state index contributed by atoms with van der Waals surface area (Å²) in [5, 5.41) is 4.65. The van der Waals surface area contributed by atoms with E-state index in [4.69, 9.17) is 9.15 Å². The van der Waals surface area contributed by atoms with E-state index in [-0.39, 0.29) is 12.5 Å². The highest BCUT2D eigenvalue weighted by atomic mass is 32.1. The van der Waals surface area contributed by atoms with E-state index in [1.54, 1.807) is 29.7 Å². The smallest absolute Gasteiger partial charge is 0.237 e. The number of nitrogens with one attached hydrogen (secondary N) is 1. The van der Waals surface area contributed by atoms with Gasteiger partial charge < -0.3 is 14.5 Å². The molecule has 0 atom stereocenters. The first kappa shape index (κ1) is 16.2. The molecule has 0 aliphatic heterocycles. The fourth-order valence-electron chi connectivity index (χ4n) is 2.16. The number of anilines is 1. The SMILES string of the molecule is CC(=O)Nc1ncccc1OCc1nc(-c2sccc2C)oc1C. The lowest BCUT2D eigenvalue weighted by molar-refractivity contribution is -0.114. The van der Waals surface area contributed by atoms with E-state index in [0.717, 1.165) is 16.1 Å². The molecule has 0 radical (unpaired) electrons. The Morgan fingerprint density at radius 2 is 2.21 bits per heavy atom. The molecule has 6 nitrogen and oxygen atoms in total. The Balaban J connectivity index is 1.77. The molecular weight excluding hydrogens is 326 g/mol. The molecule has 24 heavy (non-hydrogen) atoms. The summed E-state index contributed by atoms with van der Waals surface area (Å²) in [7, 11) is 0. The lowest BCUT2D eigenvalue weighted by atomic mass is 10.3. The van der Waals surface area contributed by atoms with Crippen LogP contribution in [-0.2, 0) is 11.4 Å². The minimum absolute atomic E-state index is 0.202. The largest absolute Gasteiger partial charge is 0.483 e. The van der Waals surface area contributed by atoms with Gasteiger partial charge in [-0.3, -0.25) is 4.79 Å². The van der Waals surface area contributed by atoms with Crippen molar-refractivity contribution in [3.63, 3.8) is 0 Å². The molecule has 0 spiro atoms. The molecule has 0 unspecified atom stereocenters. The number of aryl methyl sites for hydroxylation is 2. The van der Waals surface area contributed by atoms with E-state index in [0.29, 0.717) is 23.2 Å². The van der Waals surface area contributed by atoms with Gasteiger partial charge in [0.2, 0.25) is 11.8 Å². The summed E-state index contributed by atoms with van der Waals surface area (Å²) in [6.45, 7) is 5.54. The summed E-state index contributed by atoms with van der Waals surface area (Å²) in [4.78, 5) is 20.9. The van der Waals surface area contributed by atoms with Crippen molar-refractivity contribution in [3.05, 3.63) is 46.8 Å². The summed E-state index contributed by atoms with van der Waals surface area (Å²) >= 11 is 1.59. The van der Waals surface area contributed by atoms with Crippen molar-refractivity contribution in [2.75, 3.05) is 5.32 Å². The van der Waals surface area contributed by atoms with Crippen LogP contribution in [0.15, 0.2) is 34.2 Å². The van der Waals surface area contributed by atoms with E-state index in [1.807, 2.05) is 25.3 Å². The van der Waals surface area contributed by atoms with Gasteiger partial charge in [-0.25, -0.2) is 9.97 Å². The first-order valence-corrected chi connectivity index (χ1v) is 8.28. The number of carbonyl (C=O) groups is 1. The second-order valence-corrected chi connectivity index (χ2v) is 6.19. The Hall–Kier alpha value is -2.67. The van der Waals surface area contributed by atoms with Crippen LogP contribution < -0.4 is 10.1 Å². The van der Waals surface area contributed by atoms with Gasteiger partial charge in [0, 0.05) is 13.1 Å². The zero-order chi connectivity index (χ0) is 17.1. The Bertz CT molecular complexity index is 870. The Kier molecular flexibility index (Phi) is 4.61. The Morgan fingerprint density at radius 1 is 1.38 bits per heavy atom. The lowest BCUT2D eigenvalue weighted by Gasteiger charge is -2.09. The average Bonchev–Trinajstić information content (AvgIpc) is 3.11. The van der Waals surface area contributed by atoms with Crippen LogP contribution in [0.25, 0.3) is 10.8 Å². The van der Waals surface area contributed by atoms with Gasteiger partial charge in [-0.15, -0.1) is 11.3 Å². The van der Waals surface area contributed by atoms with Gasteiger partial charge in [0.1, 0.15) is 18.1 Å². The first-order chi connectivity index (χ1) is 11.5. The highest BCUT2D eigenvalue weighted by Crippen LogP contribution is 2.30. The summed E-state index contributed by atoms with van der Waals surface area (Å²) in [5.74, 6) is 1.99. The van der Waals surface area contributed by atoms with Crippen molar-refractivity contribution >= 4 is 23.1 Å². The third kappa shape index (κ3) is 3.46. The van der Waals surface area contributed by atoms with Gasteiger partial charge in [0.05, 0.1) is 4.88 Å². The summed E-state index contributed by atoms with van der Waals surface area (Å²) in [5.41, 5.74) is 1.85. The fraction of sp³-hybridized carbons (Fsp3) is 0.235. The quantitative estimate of drug-likeness (QED) is 0.759. The maximum atomic E-state index is 11.2. The molecule has 1 N–H and O–H groups in total. The normalized spacial score (nSPS) is 10.6. The molecule has 0 aromatic carbocycles. The molecule has 124 valence electrons. The van der Waals surface area contributed by atoms with Crippen LogP contribution in [0.4, 0.5) is 5.82 Å². The third-order valence-corrected chi connectivity index (χ3v) is 4.38. The second-order valence-electron chi connectivity index (χ2n) is 5.27. The van der Waals surface area contributed by atoms with E-state index in [1.165, 1.54) is 6.92 Å². The van der Waals surface area contributed by atoms with Crippen LogP contribution in [0.2, 0.25) is 0 Å². The number of ether oxygens (including phenoxy) is 1. The minimum Gasteiger partial charge on any atom is -0.483 e. The topological polar surface area (TPSA) is 77.2 Å². The predicted molar refractivity (Wildman–Crippen MR) is 92.2 cm³/mol. The van der Waals surface area contributed by atoms with Gasteiger partial charge in [-0.05, 0) is 43.0 Å². The van der Waals surface area contributed by atoms with Crippen LogP contribution in [-0.4, -0.2) is 15.9 Å². The highest BCUT2D eigenvalue weighted by molar-refractivity contribution is 7.13. The van der Waals surface area contributed by atoms with E-state index < -0.39 is 0 Å². The van der Waals surface area contributed by atoms with E-state index >= 15 is 0 Å². The minimum atomic E-state index is -0.202. The Labute approximate surface area is 143 Å². The van der Waals surface area contributed by atoms with Crippen molar-refractivity contribution in [1.29, 1.82) is 0 Å². The number of oxazole rings is 1. The molecule has 3 rings (SSSR count). The number of pyridine rings is 1. The molecule has 3 aromatic rings. The van der Waals surface area contributed by atoms with Crippen LogP contribution in [0.3, 0.4) is 0 Å². The van der Waals surface area contributed by atoms with Crippen LogP contribution in [0, 0.1) is 13.8 Å². The van der Waals surface area contributed by atoms with Crippen LogP contribution in [0.5, 0.6) is 5.75 Å². The number of nitrogens with zero attached hydrogens (tertiary/aromatic N) is 2. The molecule has 0 fully saturated rings. The number of thiophene rings is 1. The van der Waals surface area contributed by atoms with E-state index in [9.17, 15) is 4.79 Å². The maximum absolute atomic E-state index is 11.2. The monoisotopic (exact) mass is 343 g/mol. The van der Waals surface area contributed by atoms with Gasteiger partial charge in [0.25, 0.3) is 0 Å². The fourth-order valence-corrected chi connectivity index (χ4v) is 3.01. The summed E-state index contributed by atoms with van der Waals surface area (Å²) in [6, 6.07) is 5.53. The molecule has 0 bridgehead atoms. The number of aromatic nitrogens is 2. The van der Waals surface area contributed by atoms with Crippen molar-refractivity contribution in [1.82, 2.24) is 9.97 Å². The second kappa shape index (κ2) is 6.84. The number of carbonyl (C=O) groups excluding carboxylic acids is 1. The third-order valence-electron chi connectivity index (χ3n) is 3.38. The maximum Gasteiger partial charge on any atom is 0.237 e. The van der Waals surface area contributed by atoms with Crippen molar-refractivity contribution < 1.29 is 13.9 Å². The molecule has 0 aliphatic rings. The van der Waals surface area contributed by atoms with Crippen molar-refractivity contribution in [2.45, 2.75) is 27.4 Å². The lowest BCUT2D eigenvalue weighted by Crippen LogP contribution is -2.09. The zero-order valence-electron chi connectivity index (χ0n) is 13.6. The molecule has 1 amide bonds. The first-order valence-electron chi connectivity index (χ1n) is 7.40. The van der Waals surface area contributed by atoms with Gasteiger partial charge in [-0.1, -0.05) is 0 Å². The number of hydrogen-bond donors (Lipinski definition) is 1. The molecule has 3 heterocycles. The molecule has 0 saturated carbocycles. The van der Waals surface area contributed by atoms with Gasteiger partial charge in [-0.2, -0.15) is 0 Å². The van der Waals surface area contributed by atoms with Crippen LogP contribution in [0.1, 0.15) is 23.9 Å². The standard InChI is InChI=1S/C17H17N3O3S/c1-10-6-8-24-15(10)17-20-13(11(2)23-17)9-22-14-5-4-7-18-16(14)19-12(3)21/h4-8H,9H2,1-3H3,(H,18,19,21). The van der Waals surface area contributed by atoms with Gasteiger partial charge in [0.15, 0.2) is 11.6 Å². The average molecular weight is 343 g/mol. The van der Waals surface area contributed by atoms with Crippen molar-refractivity contribution in [3.8, 4) is 16.5 Å².